The Morgan fingerprint density at radius 3 is 2.67 bits per heavy atom. The Hall–Kier alpha value is -2.22. The first-order valence-electron chi connectivity index (χ1n) is 5.53. The summed E-state index contributed by atoms with van der Waals surface area (Å²) < 4.78 is 5.51. The lowest BCUT2D eigenvalue weighted by Crippen LogP contribution is -2.27. The zero-order valence-electron chi connectivity index (χ0n) is 11.0. The average molecular weight is 247 g/mol. The SMILES string of the molecule is CN(C)C(=O)Nc1cccc(OC(C)(C)C#N)c1. The molecule has 1 aromatic rings. The Labute approximate surface area is 107 Å². The lowest BCUT2D eigenvalue weighted by Gasteiger charge is -2.19. The highest BCUT2D eigenvalue weighted by Crippen LogP contribution is 2.21. The van der Waals surface area contributed by atoms with E-state index in [1.807, 2.05) is 0 Å². The molecule has 1 aromatic carbocycles. The van der Waals surface area contributed by atoms with Crippen LogP contribution in [-0.4, -0.2) is 30.6 Å². The number of nitriles is 1. The Kier molecular flexibility index (Phi) is 4.16. The van der Waals surface area contributed by atoms with Gasteiger partial charge in [-0.05, 0) is 26.0 Å². The molecule has 0 atom stereocenters. The lowest BCUT2D eigenvalue weighted by atomic mass is 10.2. The van der Waals surface area contributed by atoms with Gasteiger partial charge in [-0.3, -0.25) is 0 Å². The fourth-order valence-corrected chi connectivity index (χ4v) is 1.19. The first-order chi connectivity index (χ1) is 8.34. The minimum atomic E-state index is -0.899. The minimum absolute atomic E-state index is 0.216. The number of carbonyl (C=O) groups excluding carboxylic acids is 1. The van der Waals surface area contributed by atoms with Crippen molar-refractivity contribution < 1.29 is 9.53 Å². The van der Waals surface area contributed by atoms with Crippen molar-refractivity contribution >= 4 is 11.7 Å². The van der Waals surface area contributed by atoms with Gasteiger partial charge in [0.25, 0.3) is 0 Å². The van der Waals surface area contributed by atoms with Gasteiger partial charge < -0.3 is 15.0 Å². The second kappa shape index (κ2) is 5.41. The number of rotatable bonds is 3. The standard InChI is InChI=1S/C13H17N3O2/c1-13(2,9-14)18-11-7-5-6-10(8-11)15-12(17)16(3)4/h5-8H,1-4H3,(H,15,17). The number of benzene rings is 1. The van der Waals surface area contributed by atoms with E-state index in [-0.39, 0.29) is 6.03 Å². The van der Waals surface area contributed by atoms with Gasteiger partial charge in [-0.1, -0.05) is 6.07 Å². The minimum Gasteiger partial charge on any atom is -0.473 e. The summed E-state index contributed by atoms with van der Waals surface area (Å²) in [4.78, 5) is 12.9. The summed E-state index contributed by atoms with van der Waals surface area (Å²) in [6.45, 7) is 3.36. The number of nitrogens with zero attached hydrogens (tertiary/aromatic N) is 2. The number of urea groups is 1. The molecule has 1 rings (SSSR count). The molecular formula is C13H17N3O2. The van der Waals surface area contributed by atoms with Crippen LogP contribution in [0.25, 0.3) is 0 Å². The van der Waals surface area contributed by atoms with E-state index in [9.17, 15) is 4.79 Å². The Morgan fingerprint density at radius 1 is 1.44 bits per heavy atom. The van der Waals surface area contributed by atoms with Crippen molar-refractivity contribution in [3.8, 4) is 11.8 Å². The van der Waals surface area contributed by atoms with Crippen LogP contribution in [0, 0.1) is 11.3 Å². The molecule has 0 aliphatic carbocycles. The van der Waals surface area contributed by atoms with Crippen LogP contribution in [0.2, 0.25) is 0 Å². The smallest absolute Gasteiger partial charge is 0.321 e. The number of anilines is 1. The number of amides is 2. The zero-order chi connectivity index (χ0) is 13.8. The summed E-state index contributed by atoms with van der Waals surface area (Å²) in [5.41, 5.74) is -0.274. The topological polar surface area (TPSA) is 65.4 Å². The van der Waals surface area contributed by atoms with E-state index in [0.717, 1.165) is 0 Å². The van der Waals surface area contributed by atoms with Crippen molar-refractivity contribution in [1.29, 1.82) is 5.26 Å². The van der Waals surface area contributed by atoms with E-state index < -0.39 is 5.60 Å². The van der Waals surface area contributed by atoms with Crippen LogP contribution in [0.3, 0.4) is 0 Å². The summed E-state index contributed by atoms with van der Waals surface area (Å²) in [7, 11) is 3.32. The molecule has 0 saturated heterocycles. The van der Waals surface area contributed by atoms with Gasteiger partial charge >= 0.3 is 6.03 Å². The second-order valence-corrected chi connectivity index (χ2v) is 4.58. The van der Waals surface area contributed by atoms with Crippen LogP contribution < -0.4 is 10.1 Å². The summed E-state index contributed by atoms with van der Waals surface area (Å²) >= 11 is 0. The molecule has 2 amide bonds. The molecule has 5 heteroatoms. The van der Waals surface area contributed by atoms with E-state index in [4.69, 9.17) is 10.00 Å². The van der Waals surface area contributed by atoms with Crippen LogP contribution >= 0.6 is 0 Å². The van der Waals surface area contributed by atoms with Crippen molar-refractivity contribution in [2.75, 3.05) is 19.4 Å². The fourth-order valence-electron chi connectivity index (χ4n) is 1.19. The maximum Gasteiger partial charge on any atom is 0.321 e. The van der Waals surface area contributed by atoms with Crippen LogP contribution in [0.5, 0.6) is 5.75 Å². The summed E-state index contributed by atoms with van der Waals surface area (Å²) in [6.07, 6.45) is 0. The molecule has 0 aliphatic heterocycles. The van der Waals surface area contributed by atoms with Crippen LogP contribution in [0.15, 0.2) is 24.3 Å². The first-order valence-corrected chi connectivity index (χ1v) is 5.53. The van der Waals surface area contributed by atoms with Gasteiger partial charge in [0.15, 0.2) is 5.60 Å². The van der Waals surface area contributed by atoms with Gasteiger partial charge in [0.2, 0.25) is 0 Å². The van der Waals surface area contributed by atoms with Crippen molar-refractivity contribution in [2.24, 2.45) is 0 Å². The molecule has 0 aliphatic rings. The molecule has 0 fully saturated rings. The molecule has 0 saturated carbocycles. The molecule has 0 aromatic heterocycles. The lowest BCUT2D eigenvalue weighted by molar-refractivity contribution is 0.170. The zero-order valence-corrected chi connectivity index (χ0v) is 11.0. The van der Waals surface area contributed by atoms with Crippen molar-refractivity contribution in [3.05, 3.63) is 24.3 Å². The van der Waals surface area contributed by atoms with Gasteiger partial charge in [0, 0.05) is 25.8 Å². The monoisotopic (exact) mass is 247 g/mol. The third kappa shape index (κ3) is 3.98. The highest BCUT2D eigenvalue weighted by atomic mass is 16.5. The van der Waals surface area contributed by atoms with Crippen LogP contribution in [0.1, 0.15) is 13.8 Å². The van der Waals surface area contributed by atoms with Crippen molar-refractivity contribution in [2.45, 2.75) is 19.4 Å². The van der Waals surface area contributed by atoms with Crippen LogP contribution in [0.4, 0.5) is 10.5 Å². The van der Waals surface area contributed by atoms with Gasteiger partial charge in [-0.2, -0.15) is 5.26 Å². The molecule has 0 bridgehead atoms. The largest absolute Gasteiger partial charge is 0.473 e. The van der Waals surface area contributed by atoms with Gasteiger partial charge in [-0.25, -0.2) is 4.79 Å². The van der Waals surface area contributed by atoms with Crippen molar-refractivity contribution in [3.63, 3.8) is 0 Å². The quantitative estimate of drug-likeness (QED) is 0.892. The van der Waals surface area contributed by atoms with Gasteiger partial charge in [0.05, 0.1) is 0 Å². The van der Waals surface area contributed by atoms with E-state index >= 15 is 0 Å². The summed E-state index contributed by atoms with van der Waals surface area (Å²) in [5.74, 6) is 0.540. The normalized spacial score (nSPS) is 10.4. The highest BCUT2D eigenvalue weighted by Gasteiger charge is 2.18. The van der Waals surface area contributed by atoms with E-state index in [1.165, 1.54) is 4.90 Å². The molecule has 0 radical (unpaired) electrons. The first kappa shape index (κ1) is 13.8. The van der Waals surface area contributed by atoms with Crippen molar-refractivity contribution in [1.82, 2.24) is 4.90 Å². The third-order valence-electron chi connectivity index (χ3n) is 2.13. The van der Waals surface area contributed by atoms with Gasteiger partial charge in [-0.15, -0.1) is 0 Å². The third-order valence-corrected chi connectivity index (χ3v) is 2.13. The highest BCUT2D eigenvalue weighted by molar-refractivity contribution is 5.89. The summed E-state index contributed by atoms with van der Waals surface area (Å²) in [6, 6.07) is 8.77. The predicted octanol–water partition coefficient (Wildman–Crippen LogP) is 2.46. The molecular weight excluding hydrogens is 230 g/mol. The molecule has 18 heavy (non-hydrogen) atoms. The predicted molar refractivity (Wildman–Crippen MR) is 69.5 cm³/mol. The number of carbonyl (C=O) groups is 1. The Balaban J connectivity index is 2.81. The van der Waals surface area contributed by atoms with E-state index in [1.54, 1.807) is 52.2 Å². The maximum absolute atomic E-state index is 11.5. The molecule has 96 valence electrons. The number of ether oxygens (including phenoxy) is 1. The van der Waals surface area contributed by atoms with Crippen LogP contribution in [-0.2, 0) is 0 Å². The fraction of sp³-hybridized carbons (Fsp3) is 0.385. The average Bonchev–Trinajstić information content (AvgIpc) is 2.28. The number of hydrogen-bond acceptors (Lipinski definition) is 3. The number of nitrogens with one attached hydrogen (secondary N) is 1. The maximum atomic E-state index is 11.5. The van der Waals surface area contributed by atoms with E-state index in [0.29, 0.717) is 11.4 Å². The Morgan fingerprint density at radius 2 is 2.11 bits per heavy atom. The molecule has 0 spiro atoms. The molecule has 0 unspecified atom stereocenters. The summed E-state index contributed by atoms with van der Waals surface area (Å²) in [5, 5.41) is 11.6. The molecule has 1 N–H and O–H groups in total. The van der Waals surface area contributed by atoms with E-state index in [2.05, 4.69) is 11.4 Å². The second-order valence-electron chi connectivity index (χ2n) is 4.58. The molecule has 5 nitrogen and oxygen atoms in total. The Bertz CT molecular complexity index is 475. The molecule has 0 heterocycles. The van der Waals surface area contributed by atoms with Gasteiger partial charge in [0.1, 0.15) is 11.8 Å². The number of hydrogen-bond donors (Lipinski definition) is 1.